The van der Waals surface area contributed by atoms with Crippen molar-refractivity contribution in [1.29, 1.82) is 0 Å². The van der Waals surface area contributed by atoms with Gasteiger partial charge in [-0.15, -0.1) is 0 Å². The molecule has 1 aromatic carbocycles. The van der Waals surface area contributed by atoms with Gasteiger partial charge in [0.25, 0.3) is 0 Å². The van der Waals surface area contributed by atoms with E-state index in [-0.39, 0.29) is 0 Å². The molecule has 0 saturated carbocycles. The lowest BCUT2D eigenvalue weighted by Gasteiger charge is -2.32. The molecule has 0 radical (unpaired) electrons. The molecule has 106 valence electrons. The molecule has 0 spiro atoms. The summed E-state index contributed by atoms with van der Waals surface area (Å²) in [5.74, 6) is 0.765. The first-order valence-corrected chi connectivity index (χ1v) is 7.03. The summed E-state index contributed by atoms with van der Waals surface area (Å²) < 4.78 is 5.37. The Hall–Kier alpha value is -1.06. The summed E-state index contributed by atoms with van der Waals surface area (Å²) in [6.45, 7) is 4.14. The minimum atomic E-state index is -0.852. The fourth-order valence-electron chi connectivity index (χ4n) is 3.11. The van der Waals surface area contributed by atoms with E-state index in [9.17, 15) is 5.11 Å². The van der Waals surface area contributed by atoms with Crippen LogP contribution in [-0.4, -0.2) is 36.2 Å². The third-order valence-electron chi connectivity index (χ3n) is 4.51. The van der Waals surface area contributed by atoms with Crippen molar-refractivity contribution in [2.75, 3.05) is 14.2 Å². The second kappa shape index (κ2) is 5.51. The number of likely N-dealkylation sites (tertiary alicyclic amines) is 1. The Morgan fingerprint density at radius 3 is 2.63 bits per heavy atom. The van der Waals surface area contributed by atoms with Gasteiger partial charge in [-0.1, -0.05) is 18.2 Å². The maximum Gasteiger partial charge on any atom is 0.124 e. The highest BCUT2D eigenvalue weighted by atomic mass is 16.5. The van der Waals surface area contributed by atoms with E-state index >= 15 is 0 Å². The van der Waals surface area contributed by atoms with Crippen LogP contribution in [0.5, 0.6) is 5.75 Å². The predicted molar refractivity (Wildman–Crippen MR) is 77.4 cm³/mol. The molecule has 1 aromatic rings. The maximum absolute atomic E-state index is 10.9. The molecule has 1 fully saturated rings. The van der Waals surface area contributed by atoms with E-state index in [1.165, 1.54) is 6.42 Å². The molecule has 19 heavy (non-hydrogen) atoms. The van der Waals surface area contributed by atoms with Crippen molar-refractivity contribution in [2.24, 2.45) is 0 Å². The smallest absolute Gasteiger partial charge is 0.124 e. The normalized spacial score (nSPS) is 27.2. The first kappa shape index (κ1) is 14.4. The highest BCUT2D eigenvalue weighted by Gasteiger charge is 2.35. The van der Waals surface area contributed by atoms with Gasteiger partial charge in [0.2, 0.25) is 0 Å². The van der Waals surface area contributed by atoms with E-state index in [1.54, 1.807) is 7.11 Å². The third-order valence-corrected chi connectivity index (χ3v) is 4.51. The van der Waals surface area contributed by atoms with Crippen molar-refractivity contribution >= 4 is 0 Å². The van der Waals surface area contributed by atoms with E-state index in [0.717, 1.165) is 24.2 Å². The molecule has 1 aliphatic heterocycles. The van der Waals surface area contributed by atoms with Crippen LogP contribution in [-0.2, 0) is 5.60 Å². The van der Waals surface area contributed by atoms with Crippen LogP contribution >= 0.6 is 0 Å². The summed E-state index contributed by atoms with van der Waals surface area (Å²) in [4.78, 5) is 2.38. The molecule has 1 N–H and O–H groups in total. The zero-order chi connectivity index (χ0) is 14.0. The summed E-state index contributed by atoms with van der Waals surface area (Å²) in [6.07, 6.45) is 3.11. The summed E-state index contributed by atoms with van der Waals surface area (Å²) in [6, 6.07) is 8.80. The van der Waals surface area contributed by atoms with Crippen LogP contribution in [0, 0.1) is 0 Å². The maximum atomic E-state index is 10.9. The van der Waals surface area contributed by atoms with Gasteiger partial charge in [0.05, 0.1) is 12.7 Å². The van der Waals surface area contributed by atoms with Crippen LogP contribution in [0.25, 0.3) is 0 Å². The highest BCUT2D eigenvalue weighted by Crippen LogP contribution is 2.37. The molecule has 3 heteroatoms. The zero-order valence-electron chi connectivity index (χ0n) is 12.4. The van der Waals surface area contributed by atoms with Crippen molar-refractivity contribution in [3.8, 4) is 5.75 Å². The lowest BCUT2D eigenvalue weighted by Crippen LogP contribution is -2.36. The molecule has 3 nitrogen and oxygen atoms in total. The van der Waals surface area contributed by atoms with Gasteiger partial charge < -0.3 is 14.7 Å². The highest BCUT2D eigenvalue weighted by molar-refractivity contribution is 5.37. The predicted octanol–water partition coefficient (Wildman–Crippen LogP) is 2.78. The third kappa shape index (κ3) is 2.93. The Labute approximate surface area is 116 Å². The number of aliphatic hydroxyl groups is 1. The van der Waals surface area contributed by atoms with E-state index in [0.29, 0.717) is 12.1 Å². The number of benzene rings is 1. The summed E-state index contributed by atoms with van der Waals surface area (Å²) in [5, 5.41) is 10.9. The number of methoxy groups -OCH3 is 1. The number of hydrogen-bond acceptors (Lipinski definition) is 3. The fraction of sp³-hybridized carbons (Fsp3) is 0.625. The second-order valence-corrected chi connectivity index (χ2v) is 5.92. The van der Waals surface area contributed by atoms with Gasteiger partial charge in [-0.05, 0) is 46.2 Å². The largest absolute Gasteiger partial charge is 0.496 e. The Kier molecular flexibility index (Phi) is 4.16. The van der Waals surface area contributed by atoms with Crippen molar-refractivity contribution in [3.63, 3.8) is 0 Å². The molecule has 0 aliphatic carbocycles. The Bertz CT molecular complexity index is 431. The van der Waals surface area contributed by atoms with Crippen LogP contribution in [0.1, 0.15) is 38.7 Å². The van der Waals surface area contributed by atoms with Crippen LogP contribution in [0.2, 0.25) is 0 Å². The fourth-order valence-corrected chi connectivity index (χ4v) is 3.11. The topological polar surface area (TPSA) is 32.7 Å². The average Bonchev–Trinajstić information content (AvgIpc) is 2.70. The Morgan fingerprint density at radius 1 is 1.37 bits per heavy atom. The van der Waals surface area contributed by atoms with Crippen molar-refractivity contribution in [1.82, 2.24) is 4.90 Å². The molecule has 3 atom stereocenters. The van der Waals surface area contributed by atoms with Gasteiger partial charge in [-0.3, -0.25) is 0 Å². The molecule has 0 aromatic heterocycles. The summed E-state index contributed by atoms with van der Waals surface area (Å²) >= 11 is 0. The number of nitrogens with zero attached hydrogens (tertiary/aromatic N) is 1. The van der Waals surface area contributed by atoms with Gasteiger partial charge in [0, 0.05) is 17.6 Å². The first-order chi connectivity index (χ1) is 8.95. The quantitative estimate of drug-likeness (QED) is 0.906. The van der Waals surface area contributed by atoms with Gasteiger partial charge in [-0.25, -0.2) is 0 Å². The van der Waals surface area contributed by atoms with Crippen molar-refractivity contribution < 1.29 is 9.84 Å². The summed E-state index contributed by atoms with van der Waals surface area (Å²) in [5.41, 5.74) is 0.0285. The van der Waals surface area contributed by atoms with E-state index in [2.05, 4.69) is 18.9 Å². The molecule has 3 unspecified atom stereocenters. The molecule has 0 amide bonds. The Morgan fingerprint density at radius 2 is 2.05 bits per heavy atom. The second-order valence-electron chi connectivity index (χ2n) is 5.92. The lowest BCUT2D eigenvalue weighted by molar-refractivity contribution is 0.0204. The standard InChI is InChI=1S/C16H25NO2/c1-12-9-10-13(17(12)3)11-16(2,18)14-7-5-6-8-15(14)19-4/h5-8,12-13,18H,9-11H2,1-4H3. The van der Waals surface area contributed by atoms with E-state index in [1.807, 2.05) is 31.2 Å². The SMILES string of the molecule is COc1ccccc1C(C)(O)CC1CCC(C)N1C. The number of hydrogen-bond donors (Lipinski definition) is 1. The molecule has 1 saturated heterocycles. The van der Waals surface area contributed by atoms with Gasteiger partial charge in [-0.2, -0.15) is 0 Å². The number of para-hydroxylation sites is 1. The molecular weight excluding hydrogens is 238 g/mol. The van der Waals surface area contributed by atoms with Crippen molar-refractivity contribution in [3.05, 3.63) is 29.8 Å². The first-order valence-electron chi connectivity index (χ1n) is 7.03. The molecular formula is C16H25NO2. The van der Waals surface area contributed by atoms with Gasteiger partial charge in [0.1, 0.15) is 5.75 Å². The lowest BCUT2D eigenvalue weighted by atomic mass is 9.87. The van der Waals surface area contributed by atoms with Crippen LogP contribution in [0.15, 0.2) is 24.3 Å². The minimum Gasteiger partial charge on any atom is -0.496 e. The van der Waals surface area contributed by atoms with Crippen LogP contribution in [0.3, 0.4) is 0 Å². The zero-order valence-corrected chi connectivity index (χ0v) is 12.4. The number of rotatable bonds is 4. The molecule has 0 bridgehead atoms. The molecule has 1 heterocycles. The van der Waals surface area contributed by atoms with E-state index in [4.69, 9.17) is 4.74 Å². The van der Waals surface area contributed by atoms with Crippen LogP contribution in [0.4, 0.5) is 0 Å². The monoisotopic (exact) mass is 263 g/mol. The molecule has 2 rings (SSSR count). The van der Waals surface area contributed by atoms with Crippen molar-refractivity contribution in [2.45, 2.75) is 50.8 Å². The average molecular weight is 263 g/mol. The van der Waals surface area contributed by atoms with Gasteiger partial charge >= 0.3 is 0 Å². The van der Waals surface area contributed by atoms with E-state index < -0.39 is 5.60 Å². The minimum absolute atomic E-state index is 0.440. The molecule has 1 aliphatic rings. The Balaban J connectivity index is 2.18. The number of ether oxygens (including phenoxy) is 1. The summed E-state index contributed by atoms with van der Waals surface area (Å²) in [7, 11) is 3.80. The van der Waals surface area contributed by atoms with Gasteiger partial charge in [0.15, 0.2) is 0 Å². The van der Waals surface area contributed by atoms with Crippen LogP contribution < -0.4 is 4.74 Å².